The van der Waals surface area contributed by atoms with E-state index in [0.717, 1.165) is 25.3 Å². The molecule has 0 unspecified atom stereocenters. The normalized spacial score (nSPS) is 15.6. The first-order chi connectivity index (χ1) is 13.9. The van der Waals surface area contributed by atoms with E-state index in [2.05, 4.69) is 46.6 Å². The number of aromatic nitrogens is 5. The number of rotatable bonds is 4. The molecule has 8 nitrogen and oxygen atoms in total. The second-order valence-electron chi connectivity index (χ2n) is 8.23. The average molecular weight is 412 g/mol. The van der Waals surface area contributed by atoms with Crippen molar-refractivity contribution in [1.82, 2.24) is 35.0 Å². The summed E-state index contributed by atoms with van der Waals surface area (Å²) < 4.78 is 1.53. The zero-order valence-corrected chi connectivity index (χ0v) is 17.8. The molecule has 4 rings (SSSR count). The van der Waals surface area contributed by atoms with Gasteiger partial charge in [0, 0.05) is 43.5 Å². The predicted octanol–water partition coefficient (Wildman–Crippen LogP) is 2.37. The first kappa shape index (κ1) is 19.7. The fourth-order valence-corrected chi connectivity index (χ4v) is 4.26. The first-order valence-electron chi connectivity index (χ1n) is 9.71. The largest absolute Gasteiger partial charge is 0.336 e. The average Bonchev–Trinajstić information content (AvgIpc) is 3.40. The molecule has 3 aromatic rings. The van der Waals surface area contributed by atoms with Crippen LogP contribution in [0.3, 0.4) is 0 Å². The Labute approximate surface area is 174 Å². The number of thiazole rings is 1. The van der Waals surface area contributed by atoms with E-state index in [9.17, 15) is 4.79 Å². The molecule has 152 valence electrons. The number of hydrogen-bond donors (Lipinski definition) is 0. The Morgan fingerprint density at radius 1 is 1.14 bits per heavy atom. The molecule has 0 atom stereocenters. The molecule has 1 fully saturated rings. The molecule has 1 amide bonds. The zero-order valence-electron chi connectivity index (χ0n) is 16.9. The summed E-state index contributed by atoms with van der Waals surface area (Å²) in [7, 11) is 0. The maximum atomic E-state index is 13.1. The van der Waals surface area contributed by atoms with E-state index < -0.39 is 0 Å². The lowest BCUT2D eigenvalue weighted by Gasteiger charge is -2.34. The fraction of sp³-hybridized carbons (Fsp3) is 0.450. The van der Waals surface area contributed by atoms with Crippen LogP contribution in [0.25, 0.3) is 5.69 Å². The summed E-state index contributed by atoms with van der Waals surface area (Å²) in [6, 6.07) is 7.43. The second-order valence-corrected chi connectivity index (χ2v) is 9.09. The summed E-state index contributed by atoms with van der Waals surface area (Å²) in [6.07, 6.45) is 1.50. The second kappa shape index (κ2) is 8.00. The third-order valence-corrected chi connectivity index (χ3v) is 6.29. The van der Waals surface area contributed by atoms with Crippen LogP contribution < -0.4 is 0 Å². The number of para-hydroxylation sites is 1. The molecule has 9 heteroatoms. The number of piperazine rings is 1. The highest BCUT2D eigenvalue weighted by atomic mass is 32.1. The van der Waals surface area contributed by atoms with E-state index >= 15 is 0 Å². The summed E-state index contributed by atoms with van der Waals surface area (Å²) in [4.78, 5) is 22.2. The van der Waals surface area contributed by atoms with Gasteiger partial charge in [-0.3, -0.25) is 9.69 Å². The van der Waals surface area contributed by atoms with Crippen molar-refractivity contribution in [2.45, 2.75) is 32.7 Å². The van der Waals surface area contributed by atoms with E-state index in [0.29, 0.717) is 24.3 Å². The lowest BCUT2D eigenvalue weighted by molar-refractivity contribution is 0.0627. The third kappa shape index (κ3) is 4.35. The van der Waals surface area contributed by atoms with Crippen molar-refractivity contribution in [3.05, 3.63) is 52.2 Å². The number of amides is 1. The van der Waals surface area contributed by atoms with E-state index in [4.69, 9.17) is 4.98 Å². The first-order valence-corrected chi connectivity index (χ1v) is 10.6. The van der Waals surface area contributed by atoms with Gasteiger partial charge >= 0.3 is 0 Å². The molecule has 0 N–H and O–H groups in total. The maximum absolute atomic E-state index is 13.1. The molecule has 3 heterocycles. The van der Waals surface area contributed by atoms with Crippen LogP contribution in [-0.4, -0.2) is 67.1 Å². The molecule has 1 saturated heterocycles. The van der Waals surface area contributed by atoms with Crippen molar-refractivity contribution < 1.29 is 4.79 Å². The van der Waals surface area contributed by atoms with Gasteiger partial charge < -0.3 is 4.90 Å². The quantitative estimate of drug-likeness (QED) is 0.656. The smallest absolute Gasteiger partial charge is 0.256 e. The molecule has 0 saturated carbocycles. The number of hydrogen-bond acceptors (Lipinski definition) is 7. The number of carbonyl (C=O) groups is 1. The van der Waals surface area contributed by atoms with Crippen molar-refractivity contribution in [2.75, 3.05) is 26.2 Å². The zero-order chi connectivity index (χ0) is 20.4. The summed E-state index contributed by atoms with van der Waals surface area (Å²) in [6.45, 7) is 10.4. The molecule has 29 heavy (non-hydrogen) atoms. The van der Waals surface area contributed by atoms with E-state index in [1.807, 2.05) is 29.2 Å². The number of benzene rings is 1. The van der Waals surface area contributed by atoms with Gasteiger partial charge in [0.25, 0.3) is 5.91 Å². The van der Waals surface area contributed by atoms with Gasteiger partial charge in [0.15, 0.2) is 0 Å². The van der Waals surface area contributed by atoms with Crippen LogP contribution in [-0.2, 0) is 12.0 Å². The van der Waals surface area contributed by atoms with Gasteiger partial charge in [-0.2, -0.15) is 4.68 Å². The fourth-order valence-electron chi connectivity index (χ4n) is 3.36. The summed E-state index contributed by atoms with van der Waals surface area (Å²) in [5.41, 5.74) is 2.51. The maximum Gasteiger partial charge on any atom is 0.256 e. The van der Waals surface area contributed by atoms with Crippen LogP contribution >= 0.6 is 11.3 Å². The minimum absolute atomic E-state index is 0.0134. The topological polar surface area (TPSA) is 80.0 Å². The van der Waals surface area contributed by atoms with Gasteiger partial charge in [-0.1, -0.05) is 32.9 Å². The van der Waals surface area contributed by atoms with Crippen molar-refractivity contribution in [2.24, 2.45) is 0 Å². The van der Waals surface area contributed by atoms with Crippen LogP contribution in [0.5, 0.6) is 0 Å². The molecule has 2 aromatic heterocycles. The van der Waals surface area contributed by atoms with Crippen molar-refractivity contribution in [3.63, 3.8) is 0 Å². The molecule has 0 aliphatic carbocycles. The standard InChI is InChI=1S/C20H25N7OS/c1-20(2,3)19-22-15(13-29-19)12-25-8-10-26(11-9-25)18(28)16-6-4-5-7-17(16)27-14-21-23-24-27/h4-7,13-14H,8-12H2,1-3H3. The van der Waals surface area contributed by atoms with Crippen LogP contribution in [0.15, 0.2) is 36.0 Å². The van der Waals surface area contributed by atoms with Gasteiger partial charge in [0.2, 0.25) is 0 Å². The molecular formula is C20H25N7OS. The molecule has 1 aliphatic rings. The SMILES string of the molecule is CC(C)(C)c1nc(CN2CCN(C(=O)c3ccccc3-n3cnnn3)CC2)cs1. The van der Waals surface area contributed by atoms with Crippen LogP contribution in [0, 0.1) is 0 Å². The highest BCUT2D eigenvalue weighted by molar-refractivity contribution is 7.09. The minimum Gasteiger partial charge on any atom is -0.336 e. The highest BCUT2D eigenvalue weighted by Crippen LogP contribution is 2.26. The Bertz CT molecular complexity index is 969. The van der Waals surface area contributed by atoms with E-state index in [-0.39, 0.29) is 11.3 Å². The number of tetrazole rings is 1. The summed E-state index contributed by atoms with van der Waals surface area (Å²) >= 11 is 1.73. The number of nitrogens with zero attached hydrogens (tertiary/aromatic N) is 7. The van der Waals surface area contributed by atoms with Gasteiger partial charge in [-0.05, 0) is 22.6 Å². The Kier molecular flexibility index (Phi) is 5.42. The van der Waals surface area contributed by atoms with Crippen LogP contribution in [0.2, 0.25) is 0 Å². The molecule has 0 radical (unpaired) electrons. The summed E-state index contributed by atoms with van der Waals surface area (Å²) in [5, 5.41) is 14.6. The Balaban J connectivity index is 1.39. The Hall–Kier alpha value is -2.65. The van der Waals surface area contributed by atoms with E-state index in [1.165, 1.54) is 16.0 Å². The molecular weight excluding hydrogens is 386 g/mol. The third-order valence-electron chi connectivity index (χ3n) is 4.97. The number of carbonyl (C=O) groups excluding carboxylic acids is 1. The van der Waals surface area contributed by atoms with Gasteiger partial charge in [0.1, 0.15) is 6.33 Å². The van der Waals surface area contributed by atoms with Gasteiger partial charge in [-0.15, -0.1) is 16.4 Å². The lowest BCUT2D eigenvalue weighted by Crippen LogP contribution is -2.48. The van der Waals surface area contributed by atoms with Gasteiger partial charge in [-0.25, -0.2) is 4.98 Å². The van der Waals surface area contributed by atoms with E-state index in [1.54, 1.807) is 11.3 Å². The molecule has 0 bridgehead atoms. The Morgan fingerprint density at radius 2 is 1.90 bits per heavy atom. The minimum atomic E-state index is 0.0134. The van der Waals surface area contributed by atoms with Gasteiger partial charge in [0.05, 0.1) is 22.0 Å². The van der Waals surface area contributed by atoms with Crippen LogP contribution in [0.1, 0.15) is 41.8 Å². The molecule has 1 aliphatic heterocycles. The molecule has 1 aromatic carbocycles. The van der Waals surface area contributed by atoms with Crippen molar-refractivity contribution >= 4 is 17.2 Å². The van der Waals surface area contributed by atoms with Crippen molar-refractivity contribution in [3.8, 4) is 5.69 Å². The van der Waals surface area contributed by atoms with Crippen molar-refractivity contribution in [1.29, 1.82) is 0 Å². The van der Waals surface area contributed by atoms with Crippen LogP contribution in [0.4, 0.5) is 0 Å². The predicted molar refractivity (Wildman–Crippen MR) is 111 cm³/mol. The highest BCUT2D eigenvalue weighted by Gasteiger charge is 2.25. The Morgan fingerprint density at radius 3 is 2.55 bits per heavy atom. The lowest BCUT2D eigenvalue weighted by atomic mass is 9.98. The molecule has 0 spiro atoms. The monoisotopic (exact) mass is 411 g/mol. The summed E-state index contributed by atoms with van der Waals surface area (Å²) in [5.74, 6) is 0.0134.